The van der Waals surface area contributed by atoms with E-state index in [0.29, 0.717) is 22.6 Å². The van der Waals surface area contributed by atoms with Gasteiger partial charge < -0.3 is 19.9 Å². The number of amides is 1. The Hall–Kier alpha value is -3.28. The van der Waals surface area contributed by atoms with Gasteiger partial charge >= 0.3 is 5.97 Å². The Labute approximate surface area is 145 Å². The highest BCUT2D eigenvalue weighted by atomic mass is 16.5. The number of hydrogen-bond donors (Lipinski definition) is 2. The molecule has 0 aliphatic rings. The van der Waals surface area contributed by atoms with Crippen LogP contribution < -0.4 is 14.8 Å². The van der Waals surface area contributed by atoms with E-state index in [1.807, 2.05) is 0 Å². The number of hydrogen-bond acceptors (Lipinski definition) is 4. The number of rotatable bonds is 6. The van der Waals surface area contributed by atoms with Crippen molar-refractivity contribution in [3.8, 4) is 11.5 Å². The molecular formula is C19H19NO5. The molecule has 0 heterocycles. The molecule has 0 saturated heterocycles. The predicted octanol–water partition coefficient (Wildman–Crippen LogP) is 2.87. The van der Waals surface area contributed by atoms with E-state index in [0.717, 1.165) is 5.56 Å². The van der Waals surface area contributed by atoms with Crippen LogP contribution in [-0.4, -0.2) is 31.2 Å². The number of aliphatic carboxylic acids is 1. The first-order chi connectivity index (χ1) is 12.0. The number of aryl methyl sites for hydroxylation is 1. The molecule has 0 aliphatic carbocycles. The molecule has 25 heavy (non-hydrogen) atoms. The fourth-order valence-electron chi connectivity index (χ4n) is 2.29. The summed E-state index contributed by atoms with van der Waals surface area (Å²) >= 11 is 0. The Balaban J connectivity index is 2.41. The molecule has 0 unspecified atom stereocenters. The molecule has 6 nitrogen and oxygen atoms in total. The summed E-state index contributed by atoms with van der Waals surface area (Å²) in [4.78, 5) is 23.8. The fraction of sp³-hybridized carbons (Fsp3) is 0.158. The van der Waals surface area contributed by atoms with Gasteiger partial charge in [0.2, 0.25) is 0 Å². The maximum atomic E-state index is 12.2. The van der Waals surface area contributed by atoms with Gasteiger partial charge in [-0.1, -0.05) is 18.2 Å². The van der Waals surface area contributed by atoms with Gasteiger partial charge in [-0.05, 0) is 36.8 Å². The van der Waals surface area contributed by atoms with Crippen molar-refractivity contribution >= 4 is 18.0 Å². The van der Waals surface area contributed by atoms with Crippen molar-refractivity contribution in [2.45, 2.75) is 6.92 Å². The third-order valence-electron chi connectivity index (χ3n) is 3.58. The van der Waals surface area contributed by atoms with Gasteiger partial charge in [0.1, 0.15) is 17.2 Å². The summed E-state index contributed by atoms with van der Waals surface area (Å²) in [7, 11) is 3.01. The average Bonchev–Trinajstić information content (AvgIpc) is 2.62. The lowest BCUT2D eigenvalue weighted by molar-refractivity contribution is -0.132. The molecule has 6 heteroatoms. The molecule has 0 fully saturated rings. The van der Waals surface area contributed by atoms with Crippen molar-refractivity contribution in [3.05, 3.63) is 64.9 Å². The van der Waals surface area contributed by atoms with Crippen LogP contribution in [-0.2, 0) is 4.79 Å². The summed E-state index contributed by atoms with van der Waals surface area (Å²) in [6.07, 6.45) is 1.37. The number of carbonyl (C=O) groups is 2. The third-order valence-corrected chi connectivity index (χ3v) is 3.58. The average molecular weight is 341 g/mol. The standard InChI is InChI=1S/C19H19NO5/c1-12-9-14(24-2)10-17(25-3)15(12)11-16(19(22)23)20-18(21)13-7-5-4-6-8-13/h4-11H,1-3H3,(H,20,21)(H,22,23)/b16-11+. The molecule has 0 saturated carbocycles. The topological polar surface area (TPSA) is 84.9 Å². The number of methoxy groups -OCH3 is 2. The van der Waals surface area contributed by atoms with Crippen LogP contribution in [0, 0.1) is 6.92 Å². The SMILES string of the molecule is COc1cc(C)c(/C=C(/NC(=O)c2ccccc2)C(=O)O)c(OC)c1. The van der Waals surface area contributed by atoms with E-state index in [1.54, 1.807) is 49.4 Å². The normalized spacial score (nSPS) is 10.9. The van der Waals surface area contributed by atoms with Crippen molar-refractivity contribution in [2.75, 3.05) is 14.2 Å². The Morgan fingerprint density at radius 3 is 2.32 bits per heavy atom. The minimum Gasteiger partial charge on any atom is -0.497 e. The van der Waals surface area contributed by atoms with Gasteiger partial charge in [0.15, 0.2) is 0 Å². The number of carboxylic acids is 1. The van der Waals surface area contributed by atoms with Crippen LogP contribution in [0.4, 0.5) is 0 Å². The van der Waals surface area contributed by atoms with E-state index in [1.165, 1.54) is 20.3 Å². The molecule has 2 N–H and O–H groups in total. The Morgan fingerprint density at radius 1 is 1.08 bits per heavy atom. The van der Waals surface area contributed by atoms with E-state index in [-0.39, 0.29) is 5.70 Å². The summed E-state index contributed by atoms with van der Waals surface area (Å²) in [5.41, 5.74) is 1.42. The van der Waals surface area contributed by atoms with E-state index in [9.17, 15) is 14.7 Å². The van der Waals surface area contributed by atoms with E-state index in [2.05, 4.69) is 5.32 Å². The van der Waals surface area contributed by atoms with Crippen molar-refractivity contribution in [1.29, 1.82) is 0 Å². The second-order valence-electron chi connectivity index (χ2n) is 5.24. The summed E-state index contributed by atoms with van der Waals surface area (Å²) < 4.78 is 10.5. The highest BCUT2D eigenvalue weighted by Gasteiger charge is 2.16. The molecule has 0 aliphatic heterocycles. The number of nitrogens with one attached hydrogen (secondary N) is 1. The molecule has 0 atom stereocenters. The van der Waals surface area contributed by atoms with E-state index in [4.69, 9.17) is 9.47 Å². The molecule has 0 bridgehead atoms. The van der Waals surface area contributed by atoms with Crippen LogP contribution in [0.25, 0.3) is 6.08 Å². The van der Waals surface area contributed by atoms with Crippen molar-refractivity contribution in [1.82, 2.24) is 5.32 Å². The van der Waals surface area contributed by atoms with Gasteiger partial charge in [-0.3, -0.25) is 4.79 Å². The van der Waals surface area contributed by atoms with Crippen LogP contribution in [0.3, 0.4) is 0 Å². The molecular weight excluding hydrogens is 322 g/mol. The van der Waals surface area contributed by atoms with Gasteiger partial charge in [0.05, 0.1) is 14.2 Å². The van der Waals surface area contributed by atoms with E-state index < -0.39 is 11.9 Å². The zero-order valence-electron chi connectivity index (χ0n) is 14.2. The number of carboxylic acid groups (broad SMARTS) is 1. The first kappa shape index (κ1) is 18.1. The monoisotopic (exact) mass is 341 g/mol. The largest absolute Gasteiger partial charge is 0.497 e. The lowest BCUT2D eigenvalue weighted by Crippen LogP contribution is -2.27. The zero-order valence-corrected chi connectivity index (χ0v) is 14.2. The number of benzene rings is 2. The van der Waals surface area contributed by atoms with Gasteiger partial charge in [-0.25, -0.2) is 4.79 Å². The summed E-state index contributed by atoms with van der Waals surface area (Å²) in [5.74, 6) is -0.706. The smallest absolute Gasteiger partial charge is 0.352 e. The lowest BCUT2D eigenvalue weighted by Gasteiger charge is -2.12. The fourth-order valence-corrected chi connectivity index (χ4v) is 2.29. The van der Waals surface area contributed by atoms with Crippen molar-refractivity contribution in [3.63, 3.8) is 0 Å². The van der Waals surface area contributed by atoms with Crippen LogP contribution in [0.15, 0.2) is 48.2 Å². The van der Waals surface area contributed by atoms with Gasteiger partial charge in [-0.2, -0.15) is 0 Å². The Kier molecular flexibility index (Phi) is 5.79. The molecule has 0 aromatic heterocycles. The van der Waals surface area contributed by atoms with Crippen molar-refractivity contribution < 1.29 is 24.2 Å². The molecule has 130 valence electrons. The minimum atomic E-state index is -1.25. The molecule has 1 amide bonds. The molecule has 2 rings (SSSR count). The summed E-state index contributed by atoms with van der Waals surface area (Å²) in [5, 5.41) is 11.9. The summed E-state index contributed by atoms with van der Waals surface area (Å²) in [6, 6.07) is 11.8. The predicted molar refractivity (Wildman–Crippen MR) is 93.8 cm³/mol. The van der Waals surface area contributed by atoms with Gasteiger partial charge in [-0.15, -0.1) is 0 Å². The van der Waals surface area contributed by atoms with Crippen LogP contribution in [0.1, 0.15) is 21.5 Å². The second-order valence-corrected chi connectivity index (χ2v) is 5.24. The Bertz CT molecular complexity index is 812. The van der Waals surface area contributed by atoms with Gasteiger partial charge in [0, 0.05) is 17.2 Å². The molecule has 0 spiro atoms. The molecule has 2 aromatic rings. The quantitative estimate of drug-likeness (QED) is 0.789. The third kappa shape index (κ3) is 4.38. The number of ether oxygens (including phenoxy) is 2. The van der Waals surface area contributed by atoms with E-state index >= 15 is 0 Å². The molecule has 0 radical (unpaired) electrons. The maximum absolute atomic E-state index is 12.2. The summed E-state index contributed by atoms with van der Waals surface area (Å²) in [6.45, 7) is 1.80. The van der Waals surface area contributed by atoms with Crippen molar-refractivity contribution in [2.24, 2.45) is 0 Å². The minimum absolute atomic E-state index is 0.250. The highest BCUT2D eigenvalue weighted by Crippen LogP contribution is 2.30. The zero-order chi connectivity index (χ0) is 18.4. The Morgan fingerprint density at radius 2 is 1.76 bits per heavy atom. The van der Waals surface area contributed by atoms with Gasteiger partial charge in [0.25, 0.3) is 5.91 Å². The maximum Gasteiger partial charge on any atom is 0.352 e. The first-order valence-corrected chi connectivity index (χ1v) is 7.50. The second kappa shape index (κ2) is 8.01. The first-order valence-electron chi connectivity index (χ1n) is 7.50. The van der Waals surface area contributed by atoms with Crippen LogP contribution >= 0.6 is 0 Å². The van der Waals surface area contributed by atoms with Crippen LogP contribution in [0.5, 0.6) is 11.5 Å². The number of carbonyl (C=O) groups excluding carboxylic acids is 1. The molecule has 2 aromatic carbocycles. The highest BCUT2D eigenvalue weighted by molar-refractivity contribution is 6.03. The van der Waals surface area contributed by atoms with Crippen LogP contribution in [0.2, 0.25) is 0 Å². The lowest BCUT2D eigenvalue weighted by atomic mass is 10.1.